The van der Waals surface area contributed by atoms with E-state index in [0.29, 0.717) is 5.82 Å². The van der Waals surface area contributed by atoms with Crippen LogP contribution in [0.5, 0.6) is 0 Å². The lowest BCUT2D eigenvalue weighted by Gasteiger charge is -2.04. The fourth-order valence-electron chi connectivity index (χ4n) is 1.71. The first-order chi connectivity index (χ1) is 7.31. The number of hydrogen-bond donors (Lipinski definition) is 0. The molecule has 0 saturated heterocycles. The van der Waals surface area contributed by atoms with Crippen molar-refractivity contribution in [2.24, 2.45) is 0 Å². The number of nitrogens with zero attached hydrogens (tertiary/aromatic N) is 2. The van der Waals surface area contributed by atoms with Crippen molar-refractivity contribution in [2.45, 2.75) is 26.7 Å². The van der Waals surface area contributed by atoms with E-state index in [1.165, 1.54) is 23.9 Å². The second-order valence-electron chi connectivity index (χ2n) is 3.65. The summed E-state index contributed by atoms with van der Waals surface area (Å²) < 4.78 is 4.74. The van der Waals surface area contributed by atoms with E-state index >= 15 is 0 Å². The summed E-state index contributed by atoms with van der Waals surface area (Å²) in [6, 6.07) is 6.38. The Bertz CT molecular complexity index is 435. The molecule has 0 bridgehead atoms. The SMILES string of the molecule is CCCc1ccc(-c2ncon2)c(C)c1. The zero-order chi connectivity index (χ0) is 10.7. The molecule has 0 aliphatic heterocycles. The smallest absolute Gasteiger partial charge is 0.214 e. The van der Waals surface area contributed by atoms with Gasteiger partial charge in [0.05, 0.1) is 0 Å². The maximum absolute atomic E-state index is 4.74. The van der Waals surface area contributed by atoms with Crippen LogP contribution in [0.4, 0.5) is 0 Å². The maximum atomic E-state index is 4.74. The quantitative estimate of drug-likeness (QED) is 0.768. The predicted molar refractivity (Wildman–Crippen MR) is 58.5 cm³/mol. The molecule has 3 nitrogen and oxygen atoms in total. The van der Waals surface area contributed by atoms with Crippen LogP contribution in [0.25, 0.3) is 11.4 Å². The van der Waals surface area contributed by atoms with E-state index in [0.717, 1.165) is 12.0 Å². The van der Waals surface area contributed by atoms with Crippen molar-refractivity contribution in [1.29, 1.82) is 0 Å². The second kappa shape index (κ2) is 4.26. The van der Waals surface area contributed by atoms with Gasteiger partial charge in [0.1, 0.15) is 0 Å². The van der Waals surface area contributed by atoms with Gasteiger partial charge in [0.25, 0.3) is 0 Å². The molecule has 0 aliphatic carbocycles. The van der Waals surface area contributed by atoms with Crippen LogP contribution in [0, 0.1) is 6.92 Å². The van der Waals surface area contributed by atoms with E-state index in [1.807, 2.05) is 0 Å². The standard InChI is InChI=1S/C12H14N2O/c1-3-4-10-5-6-11(9(2)7-10)12-13-8-15-14-12/h5-8H,3-4H2,1-2H3. The highest BCUT2D eigenvalue weighted by atomic mass is 16.5. The number of benzene rings is 1. The number of rotatable bonds is 3. The zero-order valence-electron chi connectivity index (χ0n) is 9.03. The molecular weight excluding hydrogens is 188 g/mol. The van der Waals surface area contributed by atoms with Crippen molar-refractivity contribution in [3.05, 3.63) is 35.7 Å². The topological polar surface area (TPSA) is 38.9 Å². The fraction of sp³-hybridized carbons (Fsp3) is 0.333. The molecule has 78 valence electrons. The molecule has 0 aliphatic rings. The highest BCUT2D eigenvalue weighted by molar-refractivity contribution is 5.59. The third kappa shape index (κ3) is 2.06. The van der Waals surface area contributed by atoms with E-state index in [9.17, 15) is 0 Å². The minimum atomic E-state index is 0.663. The molecule has 0 N–H and O–H groups in total. The van der Waals surface area contributed by atoms with Gasteiger partial charge in [-0.1, -0.05) is 36.7 Å². The van der Waals surface area contributed by atoms with Gasteiger partial charge in [-0.2, -0.15) is 4.98 Å². The van der Waals surface area contributed by atoms with Crippen LogP contribution in [-0.2, 0) is 6.42 Å². The van der Waals surface area contributed by atoms with Crippen LogP contribution >= 0.6 is 0 Å². The fourth-order valence-corrected chi connectivity index (χ4v) is 1.71. The molecule has 1 aromatic heterocycles. The van der Waals surface area contributed by atoms with Crippen LogP contribution in [0.1, 0.15) is 24.5 Å². The Labute approximate surface area is 89.1 Å². The van der Waals surface area contributed by atoms with Crippen molar-refractivity contribution < 1.29 is 4.52 Å². The molecule has 2 aromatic rings. The third-order valence-electron chi connectivity index (χ3n) is 2.43. The minimum absolute atomic E-state index is 0.663. The summed E-state index contributed by atoms with van der Waals surface area (Å²) in [4.78, 5) is 4.05. The molecule has 2 rings (SSSR count). The van der Waals surface area contributed by atoms with Gasteiger partial charge in [0.2, 0.25) is 12.2 Å². The first-order valence-corrected chi connectivity index (χ1v) is 5.17. The summed E-state index contributed by atoms with van der Waals surface area (Å²) in [7, 11) is 0. The molecule has 0 unspecified atom stereocenters. The number of hydrogen-bond acceptors (Lipinski definition) is 3. The molecule has 1 aromatic carbocycles. The van der Waals surface area contributed by atoms with Gasteiger partial charge in [-0.3, -0.25) is 0 Å². The normalized spacial score (nSPS) is 10.5. The Morgan fingerprint density at radius 1 is 1.33 bits per heavy atom. The maximum Gasteiger partial charge on any atom is 0.214 e. The van der Waals surface area contributed by atoms with Gasteiger partial charge in [-0.15, -0.1) is 0 Å². The molecular formula is C12H14N2O. The predicted octanol–water partition coefficient (Wildman–Crippen LogP) is 3.00. The number of aryl methyl sites for hydroxylation is 2. The van der Waals surface area contributed by atoms with Crippen molar-refractivity contribution in [3.63, 3.8) is 0 Å². The van der Waals surface area contributed by atoms with Crippen molar-refractivity contribution in [3.8, 4) is 11.4 Å². The van der Waals surface area contributed by atoms with Crippen LogP contribution in [0.15, 0.2) is 29.1 Å². The lowest BCUT2D eigenvalue weighted by molar-refractivity contribution is 0.418. The molecule has 0 saturated carbocycles. The molecule has 0 radical (unpaired) electrons. The Morgan fingerprint density at radius 2 is 2.20 bits per heavy atom. The summed E-state index contributed by atoms with van der Waals surface area (Å²) in [6.45, 7) is 4.26. The number of aromatic nitrogens is 2. The first kappa shape index (κ1) is 9.90. The van der Waals surface area contributed by atoms with E-state index in [-0.39, 0.29) is 0 Å². The molecule has 0 fully saturated rings. The molecule has 0 amide bonds. The monoisotopic (exact) mass is 202 g/mol. The van der Waals surface area contributed by atoms with Gasteiger partial charge in [-0.05, 0) is 24.5 Å². The van der Waals surface area contributed by atoms with Gasteiger partial charge in [0, 0.05) is 5.56 Å². The highest BCUT2D eigenvalue weighted by Crippen LogP contribution is 2.21. The van der Waals surface area contributed by atoms with Gasteiger partial charge < -0.3 is 4.52 Å². The summed E-state index contributed by atoms with van der Waals surface area (Å²) in [5, 5.41) is 3.84. The molecule has 1 heterocycles. The third-order valence-corrected chi connectivity index (χ3v) is 2.43. The zero-order valence-corrected chi connectivity index (χ0v) is 9.03. The van der Waals surface area contributed by atoms with Crippen LogP contribution < -0.4 is 0 Å². The van der Waals surface area contributed by atoms with Gasteiger partial charge in [-0.25, -0.2) is 0 Å². The Kier molecular flexibility index (Phi) is 2.81. The van der Waals surface area contributed by atoms with E-state index in [1.54, 1.807) is 0 Å². The lowest BCUT2D eigenvalue weighted by atomic mass is 10.0. The minimum Gasteiger partial charge on any atom is -0.342 e. The average molecular weight is 202 g/mol. The van der Waals surface area contributed by atoms with Crippen molar-refractivity contribution in [1.82, 2.24) is 10.1 Å². The molecule has 3 heteroatoms. The van der Waals surface area contributed by atoms with Crippen molar-refractivity contribution >= 4 is 0 Å². The summed E-state index contributed by atoms with van der Waals surface area (Å²) in [6.07, 6.45) is 3.64. The van der Waals surface area contributed by atoms with Crippen molar-refractivity contribution in [2.75, 3.05) is 0 Å². The van der Waals surface area contributed by atoms with E-state index < -0.39 is 0 Å². The van der Waals surface area contributed by atoms with Crippen LogP contribution in [0.3, 0.4) is 0 Å². The summed E-state index contributed by atoms with van der Waals surface area (Å²) in [5.74, 6) is 0.663. The van der Waals surface area contributed by atoms with E-state index in [2.05, 4.69) is 42.2 Å². The largest absolute Gasteiger partial charge is 0.342 e. The molecule has 0 spiro atoms. The Morgan fingerprint density at radius 3 is 2.80 bits per heavy atom. The molecule has 15 heavy (non-hydrogen) atoms. The van der Waals surface area contributed by atoms with Crippen LogP contribution in [0.2, 0.25) is 0 Å². The second-order valence-corrected chi connectivity index (χ2v) is 3.65. The lowest BCUT2D eigenvalue weighted by Crippen LogP contribution is -1.89. The highest BCUT2D eigenvalue weighted by Gasteiger charge is 2.06. The average Bonchev–Trinajstić information content (AvgIpc) is 2.71. The Hall–Kier alpha value is -1.64. The Balaban J connectivity index is 2.35. The molecule has 0 atom stereocenters. The van der Waals surface area contributed by atoms with Gasteiger partial charge >= 0.3 is 0 Å². The summed E-state index contributed by atoms with van der Waals surface area (Å²) >= 11 is 0. The van der Waals surface area contributed by atoms with E-state index in [4.69, 9.17) is 4.52 Å². The first-order valence-electron chi connectivity index (χ1n) is 5.17. The van der Waals surface area contributed by atoms with Gasteiger partial charge in [0.15, 0.2) is 0 Å². The van der Waals surface area contributed by atoms with Crippen LogP contribution in [-0.4, -0.2) is 10.1 Å². The summed E-state index contributed by atoms with van der Waals surface area (Å²) in [5.41, 5.74) is 3.60.